The molecule has 6 aromatic heterocycles. The Morgan fingerprint density at radius 1 is 0.208 bits per heavy atom. The number of hydrogen-bond donors (Lipinski definition) is 0. The van der Waals surface area contributed by atoms with Crippen molar-refractivity contribution in [3.8, 4) is 45.6 Å². The molecule has 16 aromatic carbocycles. The van der Waals surface area contributed by atoms with Crippen LogP contribution in [-0.4, -0.2) is 40.8 Å². The smallest absolute Gasteiger partial charge is 0.213 e. The fourth-order valence-electron chi connectivity index (χ4n) is 17.7. The first-order chi connectivity index (χ1) is 52.4. The zero-order valence-corrected chi connectivity index (χ0v) is 57.5. The zero-order chi connectivity index (χ0) is 69.6. The maximum Gasteiger partial charge on any atom is 0.213 e. The lowest BCUT2D eigenvalue weighted by Gasteiger charge is -2.23. The van der Waals surface area contributed by atoms with Gasteiger partial charge in [0.1, 0.15) is 21.3 Å². The second kappa shape index (κ2) is 22.0. The highest BCUT2D eigenvalue weighted by Gasteiger charge is 2.33. The molecule has 0 atom stereocenters. The van der Waals surface area contributed by atoms with Crippen LogP contribution in [0.1, 0.15) is 0 Å². The van der Waals surface area contributed by atoms with Crippen molar-refractivity contribution in [2.45, 2.75) is 9.79 Å². The summed E-state index contributed by atoms with van der Waals surface area (Å²) >= 11 is 0. The first-order valence-corrected chi connectivity index (χ1v) is 37.2. The van der Waals surface area contributed by atoms with Gasteiger partial charge < -0.3 is 32.1 Å². The summed E-state index contributed by atoms with van der Waals surface area (Å²) in [5.74, 6) is 0.500. The van der Waals surface area contributed by atoms with E-state index in [9.17, 15) is 0 Å². The lowest BCUT2D eigenvalue weighted by Crippen LogP contribution is -2.11. The lowest BCUT2D eigenvalue weighted by molar-refractivity contribution is 0.444. The SMILES string of the molecule is O=S1(=O)c2ccccc2Oc2cc3c(cc21)c1cc(-n2c4ccccc4c4cc(-n5c6ccccc6c6ccccc65)ccc42)ccc1c1cc2c(cc1c1cc(-n4c5ccccc5c5cc(-n6c7ccccc7c7ccccc76)ccc54)cnc13)n(-c1ccccc1)c1ccccc1n2-c1ccccc1. The molecule has 0 bridgehead atoms. The maximum atomic E-state index is 15.6. The molecule has 1 aliphatic heterocycles. The van der Waals surface area contributed by atoms with Crippen LogP contribution in [-0.2, 0) is 9.84 Å². The molecule has 0 aliphatic carbocycles. The normalized spacial score (nSPS) is 12.9. The molecule has 496 valence electrons. The van der Waals surface area contributed by atoms with Crippen LogP contribution in [0.15, 0.2) is 356 Å². The van der Waals surface area contributed by atoms with Crippen molar-refractivity contribution in [2.75, 3.05) is 0 Å². The Labute approximate surface area is 605 Å². The number of rotatable bonds is 6. The van der Waals surface area contributed by atoms with Gasteiger partial charge in [0.15, 0.2) is 0 Å². The molecule has 0 saturated carbocycles. The summed E-state index contributed by atoms with van der Waals surface area (Å²) in [5.41, 5.74) is 19.1. The maximum absolute atomic E-state index is 15.6. The predicted octanol–water partition coefficient (Wildman–Crippen LogP) is 24.0. The number of fused-ring (bicyclic) bond motifs is 24. The molecule has 11 heteroatoms. The van der Waals surface area contributed by atoms with Crippen LogP contribution in [0.5, 0.6) is 11.5 Å². The van der Waals surface area contributed by atoms with E-state index >= 15 is 8.42 Å². The van der Waals surface area contributed by atoms with E-state index in [0.29, 0.717) is 16.3 Å². The summed E-state index contributed by atoms with van der Waals surface area (Å²) in [7, 11) is -4.16. The Kier molecular flexibility index (Phi) is 12.2. The van der Waals surface area contributed by atoms with E-state index in [0.717, 1.165) is 149 Å². The Morgan fingerprint density at radius 3 is 1.02 bits per heavy atom. The lowest BCUT2D eigenvalue weighted by atomic mass is 9.94. The van der Waals surface area contributed by atoms with E-state index in [1.807, 2.05) is 24.4 Å². The van der Waals surface area contributed by atoms with Gasteiger partial charge in [-0.25, -0.2) is 8.42 Å². The highest BCUT2D eigenvalue weighted by Crippen LogP contribution is 2.49. The van der Waals surface area contributed by atoms with Crippen molar-refractivity contribution in [2.24, 2.45) is 0 Å². The summed E-state index contributed by atoms with van der Waals surface area (Å²) in [6.07, 6.45) is 1.99. The number of hydrogen-bond acceptors (Lipinski definition) is 4. The molecule has 1 aliphatic rings. The van der Waals surface area contributed by atoms with Crippen LogP contribution in [0.2, 0.25) is 0 Å². The van der Waals surface area contributed by atoms with Crippen LogP contribution in [0, 0.1) is 0 Å². The van der Waals surface area contributed by atoms with Crippen molar-refractivity contribution in [3.63, 3.8) is 0 Å². The van der Waals surface area contributed by atoms with Gasteiger partial charge in [0.2, 0.25) is 9.84 Å². The van der Waals surface area contributed by atoms with Gasteiger partial charge in [-0.1, -0.05) is 176 Å². The van der Waals surface area contributed by atoms with Gasteiger partial charge in [-0.2, -0.15) is 0 Å². The molecule has 23 rings (SSSR count). The molecule has 106 heavy (non-hydrogen) atoms. The number of sulfone groups is 1. The van der Waals surface area contributed by atoms with Crippen LogP contribution >= 0.6 is 0 Å². The standard InChI is InChI=1S/C95H57N7O3S/c103-106(104)93-42-22-21-41-91(93)105-92-55-78-74(56-94(92)106)71-49-60(101-83-37-17-11-31-69(83)75-50-61(44-47-85(75)101)99-79-33-13-7-27-65(79)66-28-8-14-34-80(66)99)43-46-64(71)72-53-89-90(98(59-25-5-2-6-26-59)88-40-20-19-39-87(88)97(89)58-23-3-1-4-24-58)54-73(72)77-52-63(57-96-95(77)78)102-84-38-18-12-32-70(84)76-51-62(45-48-86(76)102)100-81-35-15-9-29-67(81)68-30-10-16-36-82(68)100/h1-57H. The quantitative estimate of drug-likeness (QED) is 0.155. The Bertz CT molecular complexity index is 7720. The third-order valence-electron chi connectivity index (χ3n) is 22.2. The van der Waals surface area contributed by atoms with Crippen LogP contribution in [0.4, 0.5) is 0 Å². The van der Waals surface area contributed by atoms with Crippen molar-refractivity contribution in [1.29, 1.82) is 0 Å². The van der Waals surface area contributed by atoms with E-state index in [2.05, 4.69) is 331 Å². The summed E-state index contributed by atoms with van der Waals surface area (Å²) in [5, 5.41) is 15.0. The second-order valence-electron chi connectivity index (χ2n) is 27.8. The molecular formula is C95H57N7O3S. The summed E-state index contributed by atoms with van der Waals surface area (Å²) in [6.45, 7) is 0. The minimum absolute atomic E-state index is 0.0797. The fourth-order valence-corrected chi connectivity index (χ4v) is 19.2. The van der Waals surface area contributed by atoms with Crippen molar-refractivity contribution in [3.05, 3.63) is 346 Å². The minimum Gasteiger partial charge on any atom is -0.455 e. The van der Waals surface area contributed by atoms with Crippen molar-refractivity contribution in [1.82, 2.24) is 32.4 Å². The van der Waals surface area contributed by atoms with Crippen LogP contribution in [0.25, 0.3) is 187 Å². The average molecular weight is 1380 g/mol. The molecule has 0 amide bonds. The first kappa shape index (κ1) is 58.6. The number of benzene rings is 15. The highest BCUT2D eigenvalue weighted by atomic mass is 32.2. The largest absolute Gasteiger partial charge is 0.455 e. The van der Waals surface area contributed by atoms with Gasteiger partial charge in [0.25, 0.3) is 0 Å². The molecular weight excluding hydrogens is 1320 g/mol. The number of ether oxygens (including phenoxy) is 1. The number of aromatic nitrogens is 7. The van der Waals surface area contributed by atoms with Crippen LogP contribution < -0.4 is 4.74 Å². The van der Waals surface area contributed by atoms with Crippen LogP contribution in [0.3, 0.4) is 0 Å². The number of para-hydroxylation sites is 11. The second-order valence-corrected chi connectivity index (χ2v) is 29.7. The van der Waals surface area contributed by atoms with E-state index in [1.165, 1.54) is 21.5 Å². The van der Waals surface area contributed by atoms with Gasteiger partial charge in [-0.05, 0) is 191 Å². The molecule has 10 nitrogen and oxygen atoms in total. The molecule has 7 heterocycles. The Hall–Kier alpha value is -14.0. The van der Waals surface area contributed by atoms with Gasteiger partial charge >= 0.3 is 0 Å². The molecule has 0 unspecified atom stereocenters. The minimum atomic E-state index is -4.16. The predicted molar refractivity (Wildman–Crippen MR) is 435 cm³/mol. The van der Waals surface area contributed by atoms with E-state index in [-0.39, 0.29) is 21.3 Å². The van der Waals surface area contributed by atoms with E-state index in [4.69, 9.17) is 9.72 Å². The van der Waals surface area contributed by atoms with Crippen molar-refractivity contribution >= 4 is 162 Å². The van der Waals surface area contributed by atoms with Gasteiger partial charge in [-0.15, -0.1) is 0 Å². The van der Waals surface area contributed by atoms with Gasteiger partial charge in [0.05, 0.1) is 83.6 Å². The Balaban J connectivity index is 0.868. The molecule has 0 spiro atoms. The van der Waals surface area contributed by atoms with Gasteiger partial charge in [-0.3, -0.25) is 4.98 Å². The molecule has 0 radical (unpaired) electrons. The van der Waals surface area contributed by atoms with E-state index < -0.39 is 9.84 Å². The average Bonchev–Trinajstić information content (AvgIpc) is 0.836. The molecule has 0 N–H and O–H groups in total. The van der Waals surface area contributed by atoms with Gasteiger partial charge in [0, 0.05) is 82.3 Å². The molecule has 0 fully saturated rings. The Morgan fingerprint density at radius 2 is 0.538 bits per heavy atom. The number of nitrogens with zero attached hydrogens (tertiary/aromatic N) is 7. The molecule has 0 saturated heterocycles. The number of pyridine rings is 1. The van der Waals surface area contributed by atoms with Crippen molar-refractivity contribution < 1.29 is 13.2 Å². The zero-order valence-electron chi connectivity index (χ0n) is 56.7. The third kappa shape index (κ3) is 8.25. The topological polar surface area (TPSA) is 85.8 Å². The molecule has 22 aromatic rings. The van der Waals surface area contributed by atoms with E-state index in [1.54, 1.807) is 18.2 Å². The monoisotopic (exact) mass is 1380 g/mol. The highest BCUT2D eigenvalue weighted by molar-refractivity contribution is 7.91. The first-order valence-electron chi connectivity index (χ1n) is 35.7. The third-order valence-corrected chi connectivity index (χ3v) is 24.0. The fraction of sp³-hybridized carbons (Fsp3) is 0. The summed E-state index contributed by atoms with van der Waals surface area (Å²) in [6, 6.07) is 120. The summed E-state index contributed by atoms with van der Waals surface area (Å²) in [4.78, 5) is 6.00. The summed E-state index contributed by atoms with van der Waals surface area (Å²) < 4.78 is 52.2.